The Balaban J connectivity index is 2.29. The van der Waals surface area contributed by atoms with Crippen LogP contribution in [0, 0.1) is 18.3 Å². The summed E-state index contributed by atoms with van der Waals surface area (Å²) in [4.78, 5) is 0. The zero-order valence-electron chi connectivity index (χ0n) is 9.24. The minimum Gasteiger partial charge on any atom is -0.396 e. The predicted octanol–water partition coefficient (Wildman–Crippen LogP) is 2.22. The molecule has 0 aliphatic rings. The van der Waals surface area contributed by atoms with E-state index in [1.165, 1.54) is 0 Å². The number of hydrogen-bond acceptors (Lipinski definition) is 2. The van der Waals surface area contributed by atoms with Crippen molar-refractivity contribution in [3.05, 3.63) is 23.5 Å². The van der Waals surface area contributed by atoms with Gasteiger partial charge in [-0.2, -0.15) is 5.26 Å². The van der Waals surface area contributed by atoms with Crippen LogP contribution in [0.3, 0.4) is 0 Å². The quantitative estimate of drug-likeness (QED) is 0.725. The number of nitriles is 1. The van der Waals surface area contributed by atoms with Crippen molar-refractivity contribution in [1.29, 1.82) is 5.26 Å². The summed E-state index contributed by atoms with van der Waals surface area (Å²) in [5, 5.41) is 17.4. The summed E-state index contributed by atoms with van der Waals surface area (Å²) < 4.78 is 2.08. The standard InChI is InChI=1S/C12H18N2O/c1-11-9-14(10-12(11)8-13)6-4-2-3-5-7-15/h9-10,15H,2-7H2,1H3. The van der Waals surface area contributed by atoms with Gasteiger partial charge in [-0.15, -0.1) is 0 Å². The first kappa shape index (κ1) is 11.8. The van der Waals surface area contributed by atoms with Crippen LogP contribution in [-0.2, 0) is 6.54 Å². The summed E-state index contributed by atoms with van der Waals surface area (Å²) in [6.07, 6.45) is 8.15. The number of rotatable bonds is 6. The highest BCUT2D eigenvalue weighted by Gasteiger charge is 2.00. The van der Waals surface area contributed by atoms with Crippen LogP contribution in [0.4, 0.5) is 0 Å². The summed E-state index contributed by atoms with van der Waals surface area (Å²) in [6, 6.07) is 2.17. The normalized spacial score (nSPS) is 10.2. The molecule has 0 aromatic carbocycles. The molecular weight excluding hydrogens is 188 g/mol. The summed E-state index contributed by atoms with van der Waals surface area (Å²) in [5.74, 6) is 0. The van der Waals surface area contributed by atoms with Gasteiger partial charge in [0.15, 0.2) is 0 Å². The molecule has 1 aromatic rings. The number of aliphatic hydroxyl groups excluding tert-OH is 1. The molecule has 0 amide bonds. The van der Waals surface area contributed by atoms with Crippen molar-refractivity contribution in [2.45, 2.75) is 39.2 Å². The number of aliphatic hydroxyl groups is 1. The van der Waals surface area contributed by atoms with Crippen molar-refractivity contribution in [1.82, 2.24) is 4.57 Å². The molecule has 82 valence electrons. The Hall–Kier alpha value is -1.27. The highest BCUT2D eigenvalue weighted by molar-refractivity contribution is 5.34. The smallest absolute Gasteiger partial charge is 0.101 e. The van der Waals surface area contributed by atoms with Gasteiger partial charge in [0.05, 0.1) is 5.56 Å². The fraction of sp³-hybridized carbons (Fsp3) is 0.583. The van der Waals surface area contributed by atoms with Gasteiger partial charge in [-0.3, -0.25) is 0 Å². The highest BCUT2D eigenvalue weighted by Crippen LogP contribution is 2.09. The summed E-state index contributed by atoms with van der Waals surface area (Å²) in [5.41, 5.74) is 1.82. The molecule has 0 atom stereocenters. The maximum absolute atomic E-state index is 8.78. The molecule has 0 aliphatic heterocycles. The van der Waals surface area contributed by atoms with Crippen molar-refractivity contribution < 1.29 is 5.11 Å². The van der Waals surface area contributed by atoms with Crippen LogP contribution in [0.15, 0.2) is 12.4 Å². The fourth-order valence-electron chi connectivity index (χ4n) is 1.63. The Bertz CT molecular complexity index is 336. The second kappa shape index (κ2) is 6.26. The lowest BCUT2D eigenvalue weighted by Crippen LogP contribution is -1.94. The lowest BCUT2D eigenvalue weighted by atomic mass is 10.2. The Morgan fingerprint density at radius 2 is 2.00 bits per heavy atom. The van der Waals surface area contributed by atoms with Crippen LogP contribution in [-0.4, -0.2) is 16.3 Å². The molecule has 1 rings (SSSR count). The minimum absolute atomic E-state index is 0.293. The molecule has 0 spiro atoms. The van der Waals surface area contributed by atoms with Crippen molar-refractivity contribution in [2.75, 3.05) is 6.61 Å². The second-order valence-corrected chi connectivity index (χ2v) is 3.84. The first-order chi connectivity index (χ1) is 7.27. The van der Waals surface area contributed by atoms with Crippen molar-refractivity contribution >= 4 is 0 Å². The van der Waals surface area contributed by atoms with Crippen LogP contribution >= 0.6 is 0 Å². The van der Waals surface area contributed by atoms with Gasteiger partial charge < -0.3 is 9.67 Å². The maximum atomic E-state index is 8.78. The van der Waals surface area contributed by atoms with Crippen LogP contribution in [0.25, 0.3) is 0 Å². The van der Waals surface area contributed by atoms with Crippen molar-refractivity contribution in [3.63, 3.8) is 0 Å². The van der Waals surface area contributed by atoms with E-state index in [1.807, 2.05) is 19.3 Å². The monoisotopic (exact) mass is 206 g/mol. The zero-order chi connectivity index (χ0) is 11.1. The van der Waals surface area contributed by atoms with Crippen LogP contribution < -0.4 is 0 Å². The second-order valence-electron chi connectivity index (χ2n) is 3.84. The topological polar surface area (TPSA) is 49.0 Å². The fourth-order valence-corrected chi connectivity index (χ4v) is 1.63. The third-order valence-electron chi connectivity index (χ3n) is 2.52. The molecule has 3 heteroatoms. The molecule has 1 aromatic heterocycles. The van der Waals surface area contributed by atoms with Crippen LogP contribution in [0.2, 0.25) is 0 Å². The molecule has 0 radical (unpaired) electrons. The first-order valence-corrected chi connectivity index (χ1v) is 5.45. The van der Waals surface area contributed by atoms with E-state index in [9.17, 15) is 0 Å². The Kier molecular flexibility index (Phi) is 4.92. The lowest BCUT2D eigenvalue weighted by Gasteiger charge is -2.01. The maximum Gasteiger partial charge on any atom is 0.101 e. The Labute approximate surface area is 91.0 Å². The number of aromatic nitrogens is 1. The highest BCUT2D eigenvalue weighted by atomic mass is 16.2. The van der Waals surface area contributed by atoms with Gasteiger partial charge in [0.1, 0.15) is 6.07 Å². The van der Waals surface area contributed by atoms with Crippen LogP contribution in [0.1, 0.15) is 36.8 Å². The molecule has 1 heterocycles. The minimum atomic E-state index is 0.293. The molecule has 0 saturated carbocycles. The van der Waals surface area contributed by atoms with E-state index in [4.69, 9.17) is 10.4 Å². The predicted molar refractivity (Wildman–Crippen MR) is 59.4 cm³/mol. The van der Waals surface area contributed by atoms with Gasteiger partial charge in [-0.1, -0.05) is 12.8 Å². The van der Waals surface area contributed by atoms with E-state index >= 15 is 0 Å². The van der Waals surface area contributed by atoms with Gasteiger partial charge in [-0.05, 0) is 25.3 Å². The molecule has 0 aliphatic carbocycles. The third kappa shape index (κ3) is 3.77. The number of hydrogen-bond donors (Lipinski definition) is 1. The largest absolute Gasteiger partial charge is 0.396 e. The first-order valence-electron chi connectivity index (χ1n) is 5.45. The SMILES string of the molecule is Cc1cn(CCCCCCO)cc1C#N. The molecule has 15 heavy (non-hydrogen) atoms. The van der Waals surface area contributed by atoms with E-state index in [-0.39, 0.29) is 0 Å². The Morgan fingerprint density at radius 3 is 2.60 bits per heavy atom. The molecule has 0 fully saturated rings. The molecular formula is C12H18N2O. The average molecular weight is 206 g/mol. The van der Waals surface area contributed by atoms with E-state index in [2.05, 4.69) is 10.6 Å². The van der Waals surface area contributed by atoms with Gasteiger partial charge in [0, 0.05) is 25.5 Å². The zero-order valence-corrected chi connectivity index (χ0v) is 9.24. The number of unbranched alkanes of at least 4 members (excludes halogenated alkanes) is 3. The Morgan fingerprint density at radius 1 is 1.27 bits per heavy atom. The summed E-state index contributed by atoms with van der Waals surface area (Å²) in [7, 11) is 0. The van der Waals surface area contributed by atoms with Crippen LogP contribution in [0.5, 0.6) is 0 Å². The lowest BCUT2D eigenvalue weighted by molar-refractivity contribution is 0.282. The molecule has 0 bridgehead atoms. The molecule has 1 N–H and O–H groups in total. The summed E-state index contributed by atoms with van der Waals surface area (Å²) >= 11 is 0. The van der Waals surface area contributed by atoms with Gasteiger partial charge >= 0.3 is 0 Å². The molecule has 0 unspecified atom stereocenters. The van der Waals surface area contributed by atoms with E-state index in [1.54, 1.807) is 0 Å². The van der Waals surface area contributed by atoms with Gasteiger partial charge in [0.2, 0.25) is 0 Å². The van der Waals surface area contributed by atoms with Crippen molar-refractivity contribution in [3.8, 4) is 6.07 Å². The third-order valence-corrected chi connectivity index (χ3v) is 2.52. The van der Waals surface area contributed by atoms with Gasteiger partial charge in [-0.25, -0.2) is 0 Å². The van der Waals surface area contributed by atoms with E-state index in [0.29, 0.717) is 6.61 Å². The number of nitrogens with zero attached hydrogens (tertiary/aromatic N) is 2. The van der Waals surface area contributed by atoms with Crippen molar-refractivity contribution in [2.24, 2.45) is 0 Å². The molecule has 0 saturated heterocycles. The molecule has 3 nitrogen and oxygen atoms in total. The van der Waals surface area contributed by atoms with Gasteiger partial charge in [0.25, 0.3) is 0 Å². The van der Waals surface area contributed by atoms with E-state index in [0.717, 1.165) is 43.4 Å². The average Bonchev–Trinajstić information content (AvgIpc) is 2.59. The summed E-state index contributed by atoms with van der Waals surface area (Å²) in [6.45, 7) is 3.22. The van der Waals surface area contributed by atoms with E-state index < -0.39 is 0 Å². The number of aryl methyl sites for hydroxylation is 2.